The summed E-state index contributed by atoms with van der Waals surface area (Å²) in [5.41, 5.74) is 4.48. The molecule has 39 heavy (non-hydrogen) atoms. The number of nitrogens with one attached hydrogen (secondary N) is 1. The number of nitrogens with zero attached hydrogens (tertiary/aromatic N) is 4. The summed E-state index contributed by atoms with van der Waals surface area (Å²) in [6.07, 6.45) is 1.55. The standard InChI is InChI=1S/C30H31N5O4/c1-4-5-19-33(30(37)24-15-17-25(18-16-24)35(38)39)20-27(36)31-29-28(23-12-7-6-8-13-23)22(3)32-34(29)26-14-10-9-11-21(26)2/h6-18H,4-5,19-20H2,1-3H3,(H,31,36). The van der Waals surface area contributed by atoms with Crippen LogP contribution in [-0.2, 0) is 4.79 Å². The number of nitro groups is 1. The van der Waals surface area contributed by atoms with E-state index < -0.39 is 4.92 Å². The van der Waals surface area contributed by atoms with Gasteiger partial charge in [0, 0.05) is 29.8 Å². The summed E-state index contributed by atoms with van der Waals surface area (Å²) in [4.78, 5) is 38.8. The SMILES string of the molecule is CCCCN(CC(=O)Nc1c(-c2ccccc2)c(C)nn1-c1ccccc1C)C(=O)c1ccc([N+](=O)[O-])cc1. The molecule has 0 radical (unpaired) electrons. The summed E-state index contributed by atoms with van der Waals surface area (Å²) >= 11 is 0. The van der Waals surface area contributed by atoms with Crippen molar-refractivity contribution in [1.82, 2.24) is 14.7 Å². The second-order valence-electron chi connectivity index (χ2n) is 9.31. The Morgan fingerprint density at radius 3 is 2.28 bits per heavy atom. The molecule has 9 nitrogen and oxygen atoms in total. The van der Waals surface area contributed by atoms with Gasteiger partial charge in [-0.15, -0.1) is 0 Å². The Hall–Kier alpha value is -4.79. The van der Waals surface area contributed by atoms with Crippen LogP contribution in [0.3, 0.4) is 0 Å². The lowest BCUT2D eigenvalue weighted by Crippen LogP contribution is -2.39. The van der Waals surface area contributed by atoms with Gasteiger partial charge in [-0.25, -0.2) is 4.68 Å². The molecule has 0 atom stereocenters. The molecule has 0 unspecified atom stereocenters. The van der Waals surface area contributed by atoms with E-state index >= 15 is 0 Å². The summed E-state index contributed by atoms with van der Waals surface area (Å²) in [5, 5.41) is 18.8. The third-order valence-electron chi connectivity index (χ3n) is 6.45. The van der Waals surface area contributed by atoms with E-state index in [-0.39, 0.29) is 29.6 Å². The lowest BCUT2D eigenvalue weighted by Gasteiger charge is -2.22. The number of anilines is 1. The van der Waals surface area contributed by atoms with E-state index in [1.54, 1.807) is 4.68 Å². The van der Waals surface area contributed by atoms with Crippen LogP contribution in [0.2, 0.25) is 0 Å². The van der Waals surface area contributed by atoms with Crippen LogP contribution in [-0.4, -0.2) is 44.5 Å². The van der Waals surface area contributed by atoms with Gasteiger partial charge in [0.2, 0.25) is 5.91 Å². The molecular formula is C30H31N5O4. The van der Waals surface area contributed by atoms with Crippen molar-refractivity contribution in [2.45, 2.75) is 33.6 Å². The van der Waals surface area contributed by atoms with Crippen molar-refractivity contribution in [3.05, 3.63) is 106 Å². The van der Waals surface area contributed by atoms with Crippen LogP contribution in [0.25, 0.3) is 16.8 Å². The van der Waals surface area contributed by atoms with Crippen molar-refractivity contribution >= 4 is 23.3 Å². The van der Waals surface area contributed by atoms with E-state index in [1.807, 2.05) is 75.4 Å². The molecule has 1 heterocycles. The van der Waals surface area contributed by atoms with E-state index in [0.717, 1.165) is 34.5 Å². The maximum atomic E-state index is 13.5. The van der Waals surface area contributed by atoms with E-state index in [9.17, 15) is 19.7 Å². The first-order valence-electron chi connectivity index (χ1n) is 12.8. The molecule has 0 fully saturated rings. The van der Waals surface area contributed by atoms with Crippen LogP contribution in [0, 0.1) is 24.0 Å². The van der Waals surface area contributed by atoms with Crippen molar-refractivity contribution in [1.29, 1.82) is 0 Å². The van der Waals surface area contributed by atoms with Crippen molar-refractivity contribution in [2.24, 2.45) is 0 Å². The van der Waals surface area contributed by atoms with Gasteiger partial charge in [-0.3, -0.25) is 19.7 Å². The first-order valence-corrected chi connectivity index (χ1v) is 12.8. The molecule has 4 rings (SSSR count). The molecule has 1 N–H and O–H groups in total. The molecule has 0 bridgehead atoms. The van der Waals surface area contributed by atoms with Gasteiger partial charge in [0.15, 0.2) is 0 Å². The molecule has 0 saturated heterocycles. The molecular weight excluding hydrogens is 494 g/mol. The minimum atomic E-state index is -0.513. The van der Waals surface area contributed by atoms with Gasteiger partial charge in [-0.2, -0.15) is 5.10 Å². The monoisotopic (exact) mass is 525 g/mol. The highest BCUT2D eigenvalue weighted by molar-refractivity contribution is 6.01. The van der Waals surface area contributed by atoms with Gasteiger partial charge < -0.3 is 10.2 Å². The van der Waals surface area contributed by atoms with Gasteiger partial charge in [0.1, 0.15) is 12.4 Å². The molecule has 1 aromatic heterocycles. The first-order chi connectivity index (χ1) is 18.8. The molecule has 2 amide bonds. The second-order valence-corrected chi connectivity index (χ2v) is 9.31. The second kappa shape index (κ2) is 12.2. The van der Waals surface area contributed by atoms with Crippen molar-refractivity contribution in [3.63, 3.8) is 0 Å². The quantitative estimate of drug-likeness (QED) is 0.203. The fourth-order valence-corrected chi connectivity index (χ4v) is 4.42. The van der Waals surface area contributed by atoms with Crippen molar-refractivity contribution < 1.29 is 14.5 Å². The molecule has 200 valence electrons. The third kappa shape index (κ3) is 6.20. The van der Waals surface area contributed by atoms with Crippen LogP contribution in [0.1, 0.15) is 41.4 Å². The number of amides is 2. The Morgan fingerprint density at radius 1 is 0.974 bits per heavy atom. The van der Waals surface area contributed by atoms with Crippen LogP contribution < -0.4 is 5.32 Å². The number of aromatic nitrogens is 2. The largest absolute Gasteiger partial charge is 0.329 e. The average molecular weight is 526 g/mol. The number of rotatable bonds is 10. The smallest absolute Gasteiger partial charge is 0.269 e. The Labute approximate surface area is 227 Å². The molecule has 9 heteroatoms. The molecule has 0 aliphatic rings. The zero-order valence-corrected chi connectivity index (χ0v) is 22.3. The summed E-state index contributed by atoms with van der Waals surface area (Å²) in [7, 11) is 0. The van der Waals surface area contributed by atoms with E-state index in [4.69, 9.17) is 5.10 Å². The lowest BCUT2D eigenvalue weighted by atomic mass is 10.1. The van der Waals surface area contributed by atoms with Crippen LogP contribution in [0.15, 0.2) is 78.9 Å². The number of carbonyl (C=O) groups excluding carboxylic acids is 2. The van der Waals surface area contributed by atoms with E-state index in [2.05, 4.69) is 5.32 Å². The highest BCUT2D eigenvalue weighted by Gasteiger charge is 2.24. The number of para-hydroxylation sites is 1. The summed E-state index contributed by atoms with van der Waals surface area (Å²) < 4.78 is 1.74. The highest BCUT2D eigenvalue weighted by Crippen LogP contribution is 2.34. The minimum Gasteiger partial charge on any atom is -0.329 e. The van der Waals surface area contributed by atoms with Gasteiger partial charge >= 0.3 is 0 Å². The molecule has 0 spiro atoms. The van der Waals surface area contributed by atoms with Gasteiger partial charge in [0.25, 0.3) is 11.6 Å². The predicted molar refractivity (Wildman–Crippen MR) is 151 cm³/mol. The Balaban J connectivity index is 1.66. The number of carbonyl (C=O) groups is 2. The predicted octanol–water partition coefficient (Wildman–Crippen LogP) is 5.95. The number of benzene rings is 3. The third-order valence-corrected chi connectivity index (χ3v) is 6.45. The maximum absolute atomic E-state index is 13.5. The number of non-ortho nitro benzene ring substituents is 1. The Kier molecular flexibility index (Phi) is 8.50. The minimum absolute atomic E-state index is 0.0994. The number of hydrogen-bond acceptors (Lipinski definition) is 5. The normalized spacial score (nSPS) is 10.7. The van der Waals surface area contributed by atoms with Crippen LogP contribution >= 0.6 is 0 Å². The summed E-state index contributed by atoms with van der Waals surface area (Å²) in [6, 6.07) is 22.9. The molecule has 3 aromatic carbocycles. The average Bonchev–Trinajstić information content (AvgIpc) is 3.26. The molecule has 4 aromatic rings. The zero-order chi connectivity index (χ0) is 27.9. The van der Waals surface area contributed by atoms with Crippen LogP contribution in [0.5, 0.6) is 0 Å². The van der Waals surface area contributed by atoms with Crippen molar-refractivity contribution in [2.75, 3.05) is 18.4 Å². The van der Waals surface area contributed by atoms with Crippen LogP contribution in [0.4, 0.5) is 11.5 Å². The molecule has 0 aliphatic carbocycles. The summed E-state index contributed by atoms with van der Waals surface area (Å²) in [6.45, 7) is 6.08. The van der Waals surface area contributed by atoms with Gasteiger partial charge in [-0.05, 0) is 49.6 Å². The van der Waals surface area contributed by atoms with Crippen molar-refractivity contribution in [3.8, 4) is 16.8 Å². The lowest BCUT2D eigenvalue weighted by molar-refractivity contribution is -0.384. The molecule has 0 saturated carbocycles. The van der Waals surface area contributed by atoms with E-state index in [1.165, 1.54) is 29.2 Å². The van der Waals surface area contributed by atoms with Gasteiger partial charge in [0.05, 0.1) is 16.3 Å². The number of unbranched alkanes of at least 4 members (excludes halogenated alkanes) is 1. The number of nitro benzene ring substituents is 1. The highest BCUT2D eigenvalue weighted by atomic mass is 16.6. The fraction of sp³-hybridized carbons (Fsp3) is 0.233. The topological polar surface area (TPSA) is 110 Å². The Bertz CT molecular complexity index is 1480. The Morgan fingerprint density at radius 2 is 1.64 bits per heavy atom. The number of hydrogen-bond donors (Lipinski definition) is 1. The van der Waals surface area contributed by atoms with Gasteiger partial charge in [-0.1, -0.05) is 61.9 Å². The molecule has 0 aliphatic heterocycles. The first kappa shape index (κ1) is 27.3. The zero-order valence-electron chi connectivity index (χ0n) is 22.3. The number of aryl methyl sites for hydroxylation is 2. The maximum Gasteiger partial charge on any atom is 0.269 e. The van der Waals surface area contributed by atoms with E-state index in [0.29, 0.717) is 18.8 Å². The summed E-state index contributed by atoms with van der Waals surface area (Å²) in [5.74, 6) is -0.204. The fourth-order valence-electron chi connectivity index (χ4n) is 4.42.